The molecule has 0 spiro atoms. The van der Waals surface area contributed by atoms with E-state index in [4.69, 9.17) is 0 Å². The number of anilines is 1. The molecule has 1 saturated heterocycles. The van der Waals surface area contributed by atoms with E-state index in [2.05, 4.69) is 45.9 Å². The highest BCUT2D eigenvalue weighted by atomic mass is 32.2. The molecule has 5 nitrogen and oxygen atoms in total. The molecule has 2 aliphatic rings. The van der Waals surface area contributed by atoms with Crippen molar-refractivity contribution in [3.63, 3.8) is 0 Å². The van der Waals surface area contributed by atoms with Crippen LogP contribution in [0.5, 0.6) is 5.75 Å². The van der Waals surface area contributed by atoms with Crippen LogP contribution in [0.15, 0.2) is 72.8 Å². The van der Waals surface area contributed by atoms with Crippen LogP contribution in [0.25, 0.3) is 0 Å². The molecule has 1 atom stereocenters. The van der Waals surface area contributed by atoms with E-state index in [1.165, 1.54) is 38.7 Å². The van der Waals surface area contributed by atoms with Crippen LogP contribution in [0.1, 0.15) is 41.0 Å². The number of ether oxygens (including phenoxy) is 1. The molecule has 1 aliphatic carbocycles. The second kappa shape index (κ2) is 9.78. The Morgan fingerprint density at radius 3 is 2.03 bits per heavy atom. The lowest BCUT2D eigenvalue weighted by atomic mass is 9.76. The van der Waals surface area contributed by atoms with Crippen LogP contribution in [-0.4, -0.2) is 32.2 Å². The minimum absolute atomic E-state index is 0.0942. The summed E-state index contributed by atoms with van der Waals surface area (Å²) in [5, 5.41) is 0. The van der Waals surface area contributed by atoms with E-state index in [0.717, 1.165) is 37.8 Å². The number of nitrogens with one attached hydrogen (secondary N) is 1. The average molecular weight is 517 g/mol. The molecule has 1 N–H and O–H groups in total. The molecule has 1 aliphatic heterocycles. The maximum Gasteiger partial charge on any atom is 0.573 e. The molecule has 3 aromatic rings. The molecule has 9 heteroatoms. The number of nitrogens with zero attached hydrogens (tertiary/aromatic N) is 1. The minimum atomic E-state index is -4.81. The van der Waals surface area contributed by atoms with Gasteiger partial charge in [-0.15, -0.1) is 13.2 Å². The number of halogens is 3. The summed E-state index contributed by atoms with van der Waals surface area (Å²) in [4.78, 5) is 0. The van der Waals surface area contributed by atoms with Crippen molar-refractivity contribution in [1.29, 1.82) is 0 Å². The largest absolute Gasteiger partial charge is 0.573 e. The number of rotatable bonds is 5. The highest BCUT2D eigenvalue weighted by Gasteiger charge is 2.37. The number of piperidine rings is 1. The van der Waals surface area contributed by atoms with Crippen LogP contribution in [0.2, 0.25) is 0 Å². The zero-order valence-electron chi connectivity index (χ0n) is 19.5. The van der Waals surface area contributed by atoms with Gasteiger partial charge in [0.15, 0.2) is 0 Å². The van der Waals surface area contributed by atoms with Crippen LogP contribution >= 0.6 is 0 Å². The van der Waals surface area contributed by atoms with Crippen LogP contribution in [0.4, 0.5) is 18.9 Å². The molecular formula is C27H27F3N2O3S. The second-order valence-corrected chi connectivity index (χ2v) is 11.0. The number of benzene rings is 3. The van der Waals surface area contributed by atoms with Gasteiger partial charge in [-0.1, -0.05) is 48.5 Å². The maximum absolute atomic E-state index is 13.3. The Balaban J connectivity index is 1.38. The highest BCUT2D eigenvalue weighted by Crippen LogP contribution is 2.42. The first-order valence-electron chi connectivity index (χ1n) is 12.0. The lowest BCUT2D eigenvalue weighted by Crippen LogP contribution is -2.44. The Hall–Kier alpha value is -3.04. The first kappa shape index (κ1) is 24.6. The van der Waals surface area contributed by atoms with Crippen LogP contribution in [0.3, 0.4) is 0 Å². The number of fused-ring (bicyclic) bond motifs is 2. The number of alkyl halides is 3. The zero-order chi connectivity index (χ0) is 25.3. The van der Waals surface area contributed by atoms with Gasteiger partial charge in [0.25, 0.3) is 0 Å². The van der Waals surface area contributed by atoms with Gasteiger partial charge in [-0.3, -0.25) is 4.72 Å². The first-order chi connectivity index (χ1) is 17.2. The molecule has 5 rings (SSSR count). The SMILES string of the molecule is O=S(=O)(Nc1ccc(OC(F)(F)F)cc1)N1CCCC(C2c3ccccc3CCc3ccccc32)C1. The van der Waals surface area contributed by atoms with Gasteiger partial charge in [-0.2, -0.15) is 12.7 Å². The fraction of sp³-hybridized carbons (Fsp3) is 0.333. The predicted octanol–water partition coefficient (Wildman–Crippen LogP) is 5.88. The van der Waals surface area contributed by atoms with Crippen molar-refractivity contribution in [3.05, 3.63) is 95.1 Å². The number of hydrogen-bond donors (Lipinski definition) is 1. The minimum Gasteiger partial charge on any atom is -0.406 e. The topological polar surface area (TPSA) is 58.6 Å². The van der Waals surface area contributed by atoms with Gasteiger partial charge in [-0.25, -0.2) is 0 Å². The van der Waals surface area contributed by atoms with Gasteiger partial charge < -0.3 is 4.74 Å². The van der Waals surface area contributed by atoms with E-state index in [0.29, 0.717) is 13.1 Å². The Morgan fingerprint density at radius 1 is 0.861 bits per heavy atom. The zero-order valence-corrected chi connectivity index (χ0v) is 20.4. The third kappa shape index (κ3) is 5.37. The Kier molecular flexibility index (Phi) is 6.70. The average Bonchev–Trinajstić information content (AvgIpc) is 3.01. The fourth-order valence-electron chi connectivity index (χ4n) is 5.48. The molecule has 0 bridgehead atoms. The van der Waals surface area contributed by atoms with E-state index in [1.54, 1.807) is 0 Å². The summed E-state index contributed by atoms with van der Waals surface area (Å²) in [6.07, 6.45) is -1.27. The maximum atomic E-state index is 13.3. The third-order valence-electron chi connectivity index (χ3n) is 7.01. The summed E-state index contributed by atoms with van der Waals surface area (Å²) >= 11 is 0. The number of hydrogen-bond acceptors (Lipinski definition) is 3. The summed E-state index contributed by atoms with van der Waals surface area (Å²) in [6.45, 7) is 0.745. The second-order valence-electron chi connectivity index (χ2n) is 9.31. The molecular weight excluding hydrogens is 489 g/mol. The molecule has 0 aromatic heterocycles. The molecule has 1 heterocycles. The lowest BCUT2D eigenvalue weighted by molar-refractivity contribution is -0.274. The fourth-order valence-corrected chi connectivity index (χ4v) is 6.80. The van der Waals surface area contributed by atoms with E-state index in [-0.39, 0.29) is 17.5 Å². The van der Waals surface area contributed by atoms with Gasteiger partial charge in [0.05, 0.1) is 5.69 Å². The van der Waals surface area contributed by atoms with E-state index >= 15 is 0 Å². The van der Waals surface area contributed by atoms with Crippen molar-refractivity contribution in [2.24, 2.45) is 5.92 Å². The highest BCUT2D eigenvalue weighted by molar-refractivity contribution is 7.90. The van der Waals surface area contributed by atoms with Crippen molar-refractivity contribution >= 4 is 15.9 Å². The van der Waals surface area contributed by atoms with E-state index in [9.17, 15) is 21.6 Å². The molecule has 0 amide bonds. The molecule has 1 fully saturated rings. The van der Waals surface area contributed by atoms with Crippen molar-refractivity contribution in [2.45, 2.75) is 38.0 Å². The molecule has 36 heavy (non-hydrogen) atoms. The molecule has 0 radical (unpaired) electrons. The summed E-state index contributed by atoms with van der Waals surface area (Å²) in [6, 6.07) is 21.6. The van der Waals surface area contributed by atoms with E-state index < -0.39 is 22.3 Å². The van der Waals surface area contributed by atoms with E-state index in [1.807, 2.05) is 12.1 Å². The summed E-state index contributed by atoms with van der Waals surface area (Å²) in [7, 11) is -3.90. The number of aryl methyl sites for hydroxylation is 2. The van der Waals surface area contributed by atoms with Gasteiger partial charge in [0, 0.05) is 19.0 Å². The summed E-state index contributed by atoms with van der Waals surface area (Å²) in [5.74, 6) is -0.218. The van der Waals surface area contributed by atoms with Crippen molar-refractivity contribution in [3.8, 4) is 5.75 Å². The molecule has 0 saturated carbocycles. The van der Waals surface area contributed by atoms with Gasteiger partial charge in [-0.05, 0) is 78.1 Å². The van der Waals surface area contributed by atoms with Gasteiger partial charge in [0.2, 0.25) is 0 Å². The first-order valence-corrected chi connectivity index (χ1v) is 13.4. The standard InChI is InChI=1S/C27H27F3N2O3S/c28-27(29,30)35-23-15-13-22(14-16-23)31-36(33,34)32-17-5-8-21(18-32)26-24-9-3-1-6-19(24)11-12-20-7-2-4-10-25(20)26/h1-4,6-7,9-10,13-16,21,26,31H,5,8,11-12,17-18H2. The third-order valence-corrected chi connectivity index (χ3v) is 8.52. The van der Waals surface area contributed by atoms with Gasteiger partial charge in [0.1, 0.15) is 5.75 Å². The molecule has 1 unspecified atom stereocenters. The predicted molar refractivity (Wildman–Crippen MR) is 132 cm³/mol. The normalized spacial score (nSPS) is 19.1. The van der Waals surface area contributed by atoms with Crippen molar-refractivity contribution < 1.29 is 26.3 Å². The smallest absolute Gasteiger partial charge is 0.406 e. The van der Waals surface area contributed by atoms with Crippen LogP contribution < -0.4 is 9.46 Å². The van der Waals surface area contributed by atoms with Gasteiger partial charge >= 0.3 is 16.6 Å². The molecule has 3 aromatic carbocycles. The van der Waals surface area contributed by atoms with Crippen molar-refractivity contribution in [1.82, 2.24) is 4.31 Å². The Bertz CT molecular complexity index is 1280. The van der Waals surface area contributed by atoms with Crippen LogP contribution in [0, 0.1) is 5.92 Å². The van der Waals surface area contributed by atoms with Crippen LogP contribution in [-0.2, 0) is 23.1 Å². The monoisotopic (exact) mass is 516 g/mol. The summed E-state index contributed by atoms with van der Waals surface area (Å²) in [5.41, 5.74) is 5.31. The Morgan fingerprint density at radius 2 is 1.44 bits per heavy atom. The van der Waals surface area contributed by atoms with Crippen molar-refractivity contribution in [2.75, 3.05) is 17.8 Å². The summed E-state index contributed by atoms with van der Waals surface area (Å²) < 4.78 is 71.6. The lowest BCUT2D eigenvalue weighted by Gasteiger charge is -2.37. The quantitative estimate of drug-likeness (QED) is 0.461. The Labute approximate surface area is 209 Å². The molecule has 190 valence electrons.